The van der Waals surface area contributed by atoms with E-state index in [9.17, 15) is 9.59 Å². The van der Waals surface area contributed by atoms with E-state index >= 15 is 0 Å². The van der Waals surface area contributed by atoms with Crippen molar-refractivity contribution in [1.29, 1.82) is 5.41 Å². The Bertz CT molecular complexity index is 1400. The number of hydrogen-bond acceptors (Lipinski definition) is 4. The molecule has 1 aromatic carbocycles. The Morgan fingerprint density at radius 1 is 1.10 bits per heavy atom. The van der Waals surface area contributed by atoms with Crippen LogP contribution in [0.25, 0.3) is 16.7 Å². The van der Waals surface area contributed by atoms with E-state index in [0.717, 1.165) is 5.56 Å². The Morgan fingerprint density at radius 3 is 2.52 bits per heavy atom. The third-order valence-electron chi connectivity index (χ3n) is 5.02. The molecule has 0 radical (unpaired) electrons. The molecule has 7 heteroatoms. The van der Waals surface area contributed by atoms with Crippen LogP contribution >= 0.6 is 0 Å². The molecule has 2 N–H and O–H groups in total. The molecule has 0 aliphatic carbocycles. The van der Waals surface area contributed by atoms with E-state index < -0.39 is 5.54 Å². The van der Waals surface area contributed by atoms with E-state index in [2.05, 4.69) is 10.3 Å². The molecule has 4 aromatic rings. The zero-order chi connectivity index (χ0) is 22.2. The number of fused-ring (bicyclic) bond motifs is 2. The minimum Gasteiger partial charge on any atom is -0.347 e. The van der Waals surface area contributed by atoms with Gasteiger partial charge in [-0.3, -0.25) is 19.4 Å². The number of amides is 1. The second-order valence-electron chi connectivity index (χ2n) is 8.58. The van der Waals surface area contributed by atoms with Gasteiger partial charge in [-0.15, -0.1) is 0 Å². The first-order chi connectivity index (χ1) is 14.7. The monoisotopic (exact) mass is 415 g/mol. The fraction of sp³-hybridized carbons (Fsp3) is 0.250. The van der Waals surface area contributed by atoms with E-state index in [1.165, 1.54) is 10.5 Å². The molecule has 4 rings (SSSR count). The zero-order valence-electron chi connectivity index (χ0n) is 17.8. The molecule has 3 heterocycles. The average Bonchev–Trinajstić information content (AvgIpc) is 2.72. The van der Waals surface area contributed by atoms with Gasteiger partial charge in [0.1, 0.15) is 16.8 Å². The highest BCUT2D eigenvalue weighted by Crippen LogP contribution is 2.12. The summed E-state index contributed by atoms with van der Waals surface area (Å²) in [7, 11) is 0. The maximum Gasteiger partial charge on any atom is 0.267 e. The second-order valence-corrected chi connectivity index (χ2v) is 8.58. The number of nitrogens with one attached hydrogen (secondary N) is 2. The largest absolute Gasteiger partial charge is 0.347 e. The molecule has 1 amide bonds. The molecule has 0 atom stereocenters. The van der Waals surface area contributed by atoms with Gasteiger partial charge in [-0.05, 0) is 51.0 Å². The maximum absolute atomic E-state index is 13.2. The minimum atomic E-state index is -0.468. The molecule has 0 aliphatic heterocycles. The molecule has 31 heavy (non-hydrogen) atoms. The van der Waals surface area contributed by atoms with Crippen molar-refractivity contribution in [3.05, 3.63) is 87.8 Å². The van der Waals surface area contributed by atoms with Gasteiger partial charge in [0.15, 0.2) is 0 Å². The molecule has 0 aliphatic rings. The van der Waals surface area contributed by atoms with Crippen LogP contribution in [0.5, 0.6) is 0 Å². The van der Waals surface area contributed by atoms with Gasteiger partial charge in [-0.25, -0.2) is 4.98 Å². The zero-order valence-corrected chi connectivity index (χ0v) is 17.8. The van der Waals surface area contributed by atoms with E-state index in [0.29, 0.717) is 29.6 Å². The topological polar surface area (TPSA) is 92.2 Å². The molecule has 158 valence electrons. The van der Waals surface area contributed by atoms with Crippen LogP contribution in [-0.2, 0) is 13.0 Å². The number of benzene rings is 1. The van der Waals surface area contributed by atoms with Crippen LogP contribution in [-0.4, -0.2) is 25.4 Å². The van der Waals surface area contributed by atoms with Crippen molar-refractivity contribution in [3.63, 3.8) is 0 Å². The summed E-state index contributed by atoms with van der Waals surface area (Å²) in [6.07, 6.45) is 2.30. The molecule has 0 bridgehead atoms. The van der Waals surface area contributed by atoms with E-state index in [1.54, 1.807) is 22.9 Å². The third-order valence-corrected chi connectivity index (χ3v) is 5.02. The summed E-state index contributed by atoms with van der Waals surface area (Å²) < 4.78 is 3.12. The first kappa shape index (κ1) is 20.5. The van der Waals surface area contributed by atoms with Gasteiger partial charge in [-0.2, -0.15) is 0 Å². The lowest BCUT2D eigenvalue weighted by Gasteiger charge is -2.21. The SMILES string of the molecule is CC(C)(C)NC(=O)c1cc2c(=O)n3ccccc3nc2n(CCc2ccccc2)c1=N. The summed E-state index contributed by atoms with van der Waals surface area (Å²) in [5.41, 5.74) is 1.47. The summed E-state index contributed by atoms with van der Waals surface area (Å²) in [5.74, 6) is -0.384. The molecular weight excluding hydrogens is 390 g/mol. The summed E-state index contributed by atoms with van der Waals surface area (Å²) in [6, 6.07) is 16.7. The Kier molecular flexibility index (Phi) is 5.19. The number of carbonyl (C=O) groups excluding carboxylic acids is 1. The van der Waals surface area contributed by atoms with E-state index in [1.807, 2.05) is 57.2 Å². The summed E-state index contributed by atoms with van der Waals surface area (Å²) in [5, 5.41) is 12.0. The van der Waals surface area contributed by atoms with Crippen molar-refractivity contribution in [1.82, 2.24) is 19.3 Å². The van der Waals surface area contributed by atoms with Crippen molar-refractivity contribution >= 4 is 22.6 Å². The van der Waals surface area contributed by atoms with Crippen LogP contribution in [0.1, 0.15) is 36.7 Å². The number of aryl methyl sites for hydroxylation is 2. The fourth-order valence-corrected chi connectivity index (χ4v) is 3.57. The highest BCUT2D eigenvalue weighted by atomic mass is 16.2. The lowest BCUT2D eigenvalue weighted by molar-refractivity contribution is 0.0917. The number of pyridine rings is 2. The molecule has 0 saturated heterocycles. The molecule has 3 aromatic heterocycles. The summed E-state index contributed by atoms with van der Waals surface area (Å²) in [4.78, 5) is 30.8. The van der Waals surface area contributed by atoms with Crippen molar-refractivity contribution in [2.75, 3.05) is 0 Å². The molecule has 0 saturated carbocycles. The molecule has 7 nitrogen and oxygen atoms in total. The van der Waals surface area contributed by atoms with Crippen molar-refractivity contribution < 1.29 is 4.79 Å². The predicted octanol–water partition coefficient (Wildman–Crippen LogP) is 2.90. The number of hydrogen-bond donors (Lipinski definition) is 2. The van der Waals surface area contributed by atoms with Crippen LogP contribution in [0.3, 0.4) is 0 Å². The van der Waals surface area contributed by atoms with Gasteiger partial charge < -0.3 is 9.88 Å². The molecular formula is C24H25N5O2. The average molecular weight is 415 g/mol. The Balaban J connectivity index is 1.95. The normalized spacial score (nSPS) is 11.7. The van der Waals surface area contributed by atoms with Gasteiger partial charge >= 0.3 is 0 Å². The van der Waals surface area contributed by atoms with E-state index in [4.69, 9.17) is 5.41 Å². The first-order valence-electron chi connectivity index (χ1n) is 10.2. The van der Waals surface area contributed by atoms with Gasteiger partial charge in [0.2, 0.25) is 0 Å². The number of aromatic nitrogens is 3. The Morgan fingerprint density at radius 2 is 1.81 bits per heavy atom. The van der Waals surface area contributed by atoms with Crippen LogP contribution in [0.2, 0.25) is 0 Å². The van der Waals surface area contributed by atoms with Gasteiger partial charge in [0.05, 0.1) is 10.9 Å². The van der Waals surface area contributed by atoms with Crippen molar-refractivity contribution in [2.45, 2.75) is 39.3 Å². The number of nitrogens with zero attached hydrogens (tertiary/aromatic N) is 3. The molecule has 0 spiro atoms. The fourth-order valence-electron chi connectivity index (χ4n) is 3.57. The highest BCUT2D eigenvalue weighted by molar-refractivity contribution is 5.97. The highest BCUT2D eigenvalue weighted by Gasteiger charge is 2.21. The van der Waals surface area contributed by atoms with Crippen LogP contribution in [0, 0.1) is 5.41 Å². The quantitative estimate of drug-likeness (QED) is 0.502. The predicted molar refractivity (Wildman–Crippen MR) is 120 cm³/mol. The summed E-state index contributed by atoms with van der Waals surface area (Å²) >= 11 is 0. The lowest BCUT2D eigenvalue weighted by atomic mass is 10.1. The third kappa shape index (κ3) is 4.12. The van der Waals surface area contributed by atoms with E-state index in [-0.39, 0.29) is 22.5 Å². The minimum absolute atomic E-state index is 0.0392. The van der Waals surface area contributed by atoms with Gasteiger partial charge in [-0.1, -0.05) is 36.4 Å². The molecule has 0 unspecified atom stereocenters. The van der Waals surface area contributed by atoms with Crippen molar-refractivity contribution in [3.8, 4) is 0 Å². The summed E-state index contributed by atoms with van der Waals surface area (Å²) in [6.45, 7) is 6.06. The maximum atomic E-state index is 13.2. The number of rotatable bonds is 4. The lowest BCUT2D eigenvalue weighted by Crippen LogP contribution is -2.43. The van der Waals surface area contributed by atoms with Crippen LogP contribution in [0.4, 0.5) is 0 Å². The Hall–Kier alpha value is -3.74. The van der Waals surface area contributed by atoms with Gasteiger partial charge in [0.25, 0.3) is 11.5 Å². The second kappa shape index (κ2) is 7.83. The smallest absolute Gasteiger partial charge is 0.267 e. The molecule has 0 fully saturated rings. The Labute approximate surface area is 179 Å². The van der Waals surface area contributed by atoms with Crippen LogP contribution in [0.15, 0.2) is 65.6 Å². The first-order valence-corrected chi connectivity index (χ1v) is 10.2. The van der Waals surface area contributed by atoms with Crippen molar-refractivity contribution in [2.24, 2.45) is 0 Å². The van der Waals surface area contributed by atoms with Gasteiger partial charge in [0, 0.05) is 18.3 Å². The standard InChI is InChI=1S/C24H25N5O2/c1-24(2,3)27-22(30)17-15-18-21(26-19-11-7-8-13-28(19)23(18)31)29(20(17)25)14-12-16-9-5-4-6-10-16/h4-11,13,15,25H,12,14H2,1-3H3,(H,27,30). The number of carbonyl (C=O) groups is 1. The van der Waals surface area contributed by atoms with Crippen LogP contribution < -0.4 is 16.4 Å².